The molecule has 1 N–H and O–H groups in total. The minimum atomic E-state index is -4.38. The van der Waals surface area contributed by atoms with Gasteiger partial charge in [-0.05, 0) is 80.1 Å². The predicted octanol–water partition coefficient (Wildman–Crippen LogP) is 5.87. The van der Waals surface area contributed by atoms with Crippen molar-refractivity contribution in [3.8, 4) is 5.75 Å². The van der Waals surface area contributed by atoms with Gasteiger partial charge in [0.05, 0.1) is 10.5 Å². The molecule has 0 heterocycles. The van der Waals surface area contributed by atoms with Gasteiger partial charge >= 0.3 is 5.97 Å². The zero-order valence-corrected chi connectivity index (χ0v) is 19.6. The summed E-state index contributed by atoms with van der Waals surface area (Å²) in [5.41, 5.74) is 1.09. The Balaban J connectivity index is 2.51. The molecule has 0 atom stereocenters. The third-order valence-corrected chi connectivity index (χ3v) is 6.24. The minimum Gasteiger partial charge on any atom is -0.423 e. The fraction of sp³-hybridized carbons (Fsp3) is 0.235. The quantitative estimate of drug-likeness (QED) is 0.282. The third-order valence-electron chi connectivity index (χ3n) is 3.62. The molecule has 2 aromatic rings. The van der Waals surface area contributed by atoms with Gasteiger partial charge in [0, 0.05) is 13.4 Å². The SMILES string of the molecule is Cc1cc(S(=O)(=O)O)c(C(C)C)cc1OC(=O)c1c(Br)cc(Br)cc1Br. The summed E-state index contributed by atoms with van der Waals surface area (Å²) in [5.74, 6) is -0.572. The summed E-state index contributed by atoms with van der Waals surface area (Å²) < 4.78 is 40.0. The lowest BCUT2D eigenvalue weighted by Crippen LogP contribution is -2.13. The van der Waals surface area contributed by atoms with Crippen LogP contribution in [-0.4, -0.2) is 18.9 Å². The van der Waals surface area contributed by atoms with Crippen molar-refractivity contribution in [2.45, 2.75) is 31.6 Å². The normalized spacial score (nSPS) is 11.7. The van der Waals surface area contributed by atoms with Crippen molar-refractivity contribution in [2.24, 2.45) is 0 Å². The summed E-state index contributed by atoms with van der Waals surface area (Å²) in [7, 11) is -4.38. The Hall–Kier alpha value is -0.740. The van der Waals surface area contributed by atoms with E-state index in [1.165, 1.54) is 12.1 Å². The van der Waals surface area contributed by atoms with Gasteiger partial charge in [0.1, 0.15) is 5.75 Å². The molecule has 0 amide bonds. The van der Waals surface area contributed by atoms with Gasteiger partial charge in [0.15, 0.2) is 0 Å². The third kappa shape index (κ3) is 4.75. The highest BCUT2D eigenvalue weighted by atomic mass is 79.9. The van der Waals surface area contributed by atoms with E-state index in [9.17, 15) is 17.8 Å². The van der Waals surface area contributed by atoms with E-state index >= 15 is 0 Å². The molecule has 0 unspecified atom stereocenters. The van der Waals surface area contributed by atoms with Crippen LogP contribution in [0.4, 0.5) is 0 Å². The summed E-state index contributed by atoms with van der Waals surface area (Å²) in [4.78, 5) is 12.4. The molecule has 0 aliphatic carbocycles. The van der Waals surface area contributed by atoms with Crippen LogP contribution in [0.2, 0.25) is 0 Å². The zero-order valence-electron chi connectivity index (χ0n) is 14.0. The molecule has 0 spiro atoms. The minimum absolute atomic E-state index is 0.184. The Morgan fingerprint density at radius 1 is 1.08 bits per heavy atom. The Labute approximate surface area is 177 Å². The molecule has 140 valence electrons. The highest BCUT2D eigenvalue weighted by molar-refractivity contribution is 9.11. The molecular formula is C17H15Br3O5S. The largest absolute Gasteiger partial charge is 0.423 e. The van der Waals surface area contributed by atoms with Crippen LogP contribution in [0.25, 0.3) is 0 Å². The van der Waals surface area contributed by atoms with Crippen LogP contribution >= 0.6 is 47.8 Å². The molecule has 0 saturated heterocycles. The van der Waals surface area contributed by atoms with E-state index in [1.807, 2.05) is 0 Å². The average molecular weight is 571 g/mol. The number of aryl methyl sites for hydroxylation is 1. The highest BCUT2D eigenvalue weighted by Gasteiger charge is 2.23. The molecule has 9 heteroatoms. The Kier molecular flexibility index (Phi) is 6.71. The Morgan fingerprint density at radius 3 is 2.08 bits per heavy atom. The molecule has 0 radical (unpaired) electrons. The second-order valence-corrected chi connectivity index (χ2v) is 9.93. The van der Waals surface area contributed by atoms with Crippen LogP contribution in [0.15, 0.2) is 42.6 Å². The fourth-order valence-corrected chi connectivity index (χ4v) is 5.85. The van der Waals surface area contributed by atoms with E-state index in [0.29, 0.717) is 25.6 Å². The number of carbonyl (C=O) groups is 1. The maximum absolute atomic E-state index is 12.6. The number of hydrogen-bond acceptors (Lipinski definition) is 4. The first-order valence-corrected chi connectivity index (χ1v) is 11.2. The predicted molar refractivity (Wildman–Crippen MR) is 110 cm³/mol. The second kappa shape index (κ2) is 8.10. The number of carbonyl (C=O) groups excluding carboxylic acids is 1. The van der Waals surface area contributed by atoms with Gasteiger partial charge in [0.25, 0.3) is 10.1 Å². The summed E-state index contributed by atoms with van der Waals surface area (Å²) in [5, 5.41) is 0. The summed E-state index contributed by atoms with van der Waals surface area (Å²) in [6, 6.07) is 6.21. The first-order valence-electron chi connectivity index (χ1n) is 7.40. The number of halogens is 3. The van der Waals surface area contributed by atoms with Crippen LogP contribution in [0.3, 0.4) is 0 Å². The maximum atomic E-state index is 12.6. The number of rotatable bonds is 4. The van der Waals surface area contributed by atoms with Crippen LogP contribution < -0.4 is 4.74 Å². The number of esters is 1. The van der Waals surface area contributed by atoms with Gasteiger partial charge in [-0.3, -0.25) is 4.55 Å². The maximum Gasteiger partial charge on any atom is 0.345 e. The summed E-state index contributed by atoms with van der Waals surface area (Å²) >= 11 is 10.00. The smallest absolute Gasteiger partial charge is 0.345 e. The average Bonchev–Trinajstić information content (AvgIpc) is 2.46. The van der Waals surface area contributed by atoms with E-state index in [4.69, 9.17) is 4.74 Å². The van der Waals surface area contributed by atoms with Gasteiger partial charge in [-0.1, -0.05) is 29.8 Å². The molecule has 5 nitrogen and oxygen atoms in total. The molecule has 0 aliphatic rings. The molecule has 0 aromatic heterocycles. The number of benzene rings is 2. The van der Waals surface area contributed by atoms with Crippen molar-refractivity contribution in [3.63, 3.8) is 0 Å². The first kappa shape index (κ1) is 21.6. The van der Waals surface area contributed by atoms with Crippen LogP contribution in [0, 0.1) is 6.92 Å². The lowest BCUT2D eigenvalue weighted by molar-refractivity contribution is 0.0731. The molecule has 0 aliphatic heterocycles. The van der Waals surface area contributed by atoms with Crippen molar-refractivity contribution < 1.29 is 22.5 Å². The van der Waals surface area contributed by atoms with Gasteiger partial charge in [-0.2, -0.15) is 8.42 Å². The van der Waals surface area contributed by atoms with Crippen LogP contribution in [0.1, 0.15) is 41.3 Å². The van der Waals surface area contributed by atoms with Crippen molar-refractivity contribution in [2.75, 3.05) is 0 Å². The lowest BCUT2D eigenvalue weighted by Gasteiger charge is -2.16. The Morgan fingerprint density at radius 2 is 1.62 bits per heavy atom. The van der Waals surface area contributed by atoms with Gasteiger partial charge < -0.3 is 4.74 Å². The van der Waals surface area contributed by atoms with Crippen LogP contribution in [-0.2, 0) is 10.1 Å². The molecule has 2 rings (SSSR count). The van der Waals surface area contributed by atoms with Crippen molar-refractivity contribution in [1.82, 2.24) is 0 Å². The van der Waals surface area contributed by atoms with E-state index in [2.05, 4.69) is 47.8 Å². The molecule has 0 fully saturated rings. The number of hydrogen-bond donors (Lipinski definition) is 1. The molecule has 2 aromatic carbocycles. The van der Waals surface area contributed by atoms with E-state index in [1.54, 1.807) is 32.9 Å². The first-order chi connectivity index (χ1) is 11.9. The fourth-order valence-electron chi connectivity index (χ4n) is 2.35. The van der Waals surface area contributed by atoms with Gasteiger partial charge in [-0.15, -0.1) is 0 Å². The molecule has 0 bridgehead atoms. The van der Waals surface area contributed by atoms with Gasteiger partial charge in [0.2, 0.25) is 0 Å². The zero-order chi connectivity index (χ0) is 19.8. The lowest BCUT2D eigenvalue weighted by atomic mass is 10.0. The number of ether oxygens (including phenoxy) is 1. The monoisotopic (exact) mass is 568 g/mol. The van der Waals surface area contributed by atoms with Gasteiger partial charge in [-0.25, -0.2) is 4.79 Å². The van der Waals surface area contributed by atoms with E-state index in [-0.39, 0.29) is 16.6 Å². The van der Waals surface area contributed by atoms with Crippen molar-refractivity contribution in [1.29, 1.82) is 0 Å². The van der Waals surface area contributed by atoms with Crippen molar-refractivity contribution >= 4 is 63.9 Å². The topological polar surface area (TPSA) is 80.7 Å². The summed E-state index contributed by atoms with van der Waals surface area (Å²) in [6.45, 7) is 5.17. The molecular weight excluding hydrogens is 556 g/mol. The Bertz CT molecular complexity index is 961. The van der Waals surface area contributed by atoms with E-state index in [0.717, 1.165) is 4.47 Å². The van der Waals surface area contributed by atoms with Crippen LogP contribution in [0.5, 0.6) is 5.75 Å². The summed E-state index contributed by atoms with van der Waals surface area (Å²) in [6.07, 6.45) is 0. The standard InChI is InChI=1S/C17H15Br3O5S/c1-8(2)11-7-14(9(3)4-15(11)26(22,23)24)25-17(21)16-12(19)5-10(18)6-13(16)20/h4-8H,1-3H3,(H,22,23,24). The molecule has 26 heavy (non-hydrogen) atoms. The highest BCUT2D eigenvalue weighted by Crippen LogP contribution is 2.34. The van der Waals surface area contributed by atoms with Crippen molar-refractivity contribution in [3.05, 3.63) is 54.4 Å². The second-order valence-electron chi connectivity index (χ2n) is 5.92. The van der Waals surface area contributed by atoms with E-state index < -0.39 is 16.1 Å². The molecule has 0 saturated carbocycles.